The van der Waals surface area contributed by atoms with Crippen LogP contribution in [-0.2, 0) is 6.18 Å². The number of carbonyl (C=O) groups excluding carboxylic acids is 1. The van der Waals surface area contributed by atoms with E-state index in [9.17, 15) is 18.0 Å². The molecule has 0 radical (unpaired) electrons. The number of aromatic nitrogens is 1. The number of ether oxygens (including phenoxy) is 1. The summed E-state index contributed by atoms with van der Waals surface area (Å²) >= 11 is 0. The van der Waals surface area contributed by atoms with Crippen molar-refractivity contribution in [2.24, 2.45) is 0 Å². The van der Waals surface area contributed by atoms with E-state index < -0.39 is 11.9 Å². The van der Waals surface area contributed by atoms with Crippen molar-refractivity contribution in [3.05, 3.63) is 59.4 Å². The fourth-order valence-corrected chi connectivity index (χ4v) is 3.02. The summed E-state index contributed by atoms with van der Waals surface area (Å²) in [5, 5.41) is 3.24. The Balaban J connectivity index is 0.00000196. The Hall–Kier alpha value is -2.03. The van der Waals surface area contributed by atoms with E-state index in [2.05, 4.69) is 10.3 Å². The number of pyridine rings is 1. The van der Waals surface area contributed by atoms with Gasteiger partial charge in [-0.25, -0.2) is 0 Å². The van der Waals surface area contributed by atoms with Gasteiger partial charge in [-0.3, -0.25) is 9.78 Å². The number of carbonyl (C=O) groups is 1. The molecule has 3 rings (SSSR count). The molecule has 0 spiro atoms. The molecular formula is C18H20Cl2F3N3O2. The molecular weight excluding hydrogens is 418 g/mol. The van der Waals surface area contributed by atoms with E-state index in [1.165, 1.54) is 6.07 Å². The van der Waals surface area contributed by atoms with Gasteiger partial charge in [0.1, 0.15) is 11.4 Å². The molecule has 1 N–H and O–H groups in total. The van der Waals surface area contributed by atoms with E-state index in [1.807, 2.05) is 24.3 Å². The number of para-hydroxylation sites is 1. The lowest BCUT2D eigenvalue weighted by molar-refractivity contribution is -0.141. The molecule has 10 heteroatoms. The number of benzene rings is 1. The average molecular weight is 438 g/mol. The predicted molar refractivity (Wildman–Crippen MR) is 103 cm³/mol. The van der Waals surface area contributed by atoms with Gasteiger partial charge in [0.05, 0.1) is 18.7 Å². The zero-order valence-corrected chi connectivity index (χ0v) is 16.5. The number of halogens is 5. The number of piperazine rings is 1. The Morgan fingerprint density at radius 2 is 1.93 bits per heavy atom. The van der Waals surface area contributed by atoms with Crippen LogP contribution in [0.5, 0.6) is 5.75 Å². The Kier molecular flexibility index (Phi) is 8.53. The molecule has 0 bridgehead atoms. The number of nitrogens with zero attached hydrogens (tertiary/aromatic N) is 2. The van der Waals surface area contributed by atoms with Crippen molar-refractivity contribution in [2.75, 3.05) is 26.7 Å². The molecule has 1 aromatic carbocycles. The third kappa shape index (κ3) is 5.06. The highest BCUT2D eigenvalue weighted by molar-refractivity contribution is 5.94. The van der Waals surface area contributed by atoms with Gasteiger partial charge in [-0.05, 0) is 18.2 Å². The Bertz CT molecular complexity index is 788. The second kappa shape index (κ2) is 9.95. The van der Waals surface area contributed by atoms with Crippen molar-refractivity contribution < 1.29 is 22.7 Å². The summed E-state index contributed by atoms with van der Waals surface area (Å²) in [4.78, 5) is 17.9. The first-order valence-electron chi connectivity index (χ1n) is 8.09. The van der Waals surface area contributed by atoms with Crippen LogP contribution in [0.2, 0.25) is 0 Å². The smallest absolute Gasteiger partial charge is 0.433 e. The highest BCUT2D eigenvalue weighted by Crippen LogP contribution is 2.32. The van der Waals surface area contributed by atoms with Gasteiger partial charge >= 0.3 is 6.18 Å². The van der Waals surface area contributed by atoms with Crippen LogP contribution in [0, 0.1) is 0 Å². The van der Waals surface area contributed by atoms with Crippen LogP contribution in [0.1, 0.15) is 27.7 Å². The van der Waals surface area contributed by atoms with Crippen molar-refractivity contribution in [3.8, 4) is 5.75 Å². The van der Waals surface area contributed by atoms with Gasteiger partial charge in [-0.1, -0.05) is 18.2 Å². The normalized spacial score (nSPS) is 16.6. The molecule has 1 aromatic heterocycles. The minimum absolute atomic E-state index is 0. The standard InChI is InChI=1S/C18H18F3N3O2.2ClH/c1-26-15-5-3-2-4-13(15)14-11-22-8-9-24(14)17(25)12-6-7-16(23-10-12)18(19,20)21;;/h2-7,10,14,22H,8-9,11H2,1H3;2*1H. The quantitative estimate of drug-likeness (QED) is 0.794. The third-order valence-electron chi connectivity index (χ3n) is 4.30. The highest BCUT2D eigenvalue weighted by Gasteiger charge is 2.34. The fraction of sp³-hybridized carbons (Fsp3) is 0.333. The molecule has 2 heterocycles. The van der Waals surface area contributed by atoms with E-state index in [-0.39, 0.29) is 42.3 Å². The first-order valence-corrected chi connectivity index (χ1v) is 8.09. The molecule has 1 fully saturated rings. The summed E-state index contributed by atoms with van der Waals surface area (Å²) in [7, 11) is 1.56. The summed E-state index contributed by atoms with van der Waals surface area (Å²) in [6.07, 6.45) is -3.55. The Morgan fingerprint density at radius 3 is 2.54 bits per heavy atom. The summed E-state index contributed by atoms with van der Waals surface area (Å²) < 4.78 is 43.4. The fourth-order valence-electron chi connectivity index (χ4n) is 3.02. The molecule has 0 saturated carbocycles. The van der Waals surface area contributed by atoms with Crippen molar-refractivity contribution in [2.45, 2.75) is 12.2 Å². The molecule has 1 aliphatic rings. The monoisotopic (exact) mass is 437 g/mol. The van der Waals surface area contributed by atoms with Crippen LogP contribution in [-0.4, -0.2) is 42.5 Å². The summed E-state index contributed by atoms with van der Waals surface area (Å²) in [6, 6.07) is 9.09. The van der Waals surface area contributed by atoms with Crippen molar-refractivity contribution in [3.63, 3.8) is 0 Å². The lowest BCUT2D eigenvalue weighted by Crippen LogP contribution is -2.48. The van der Waals surface area contributed by atoms with Gasteiger partial charge in [0.2, 0.25) is 0 Å². The van der Waals surface area contributed by atoms with E-state index >= 15 is 0 Å². The second-order valence-corrected chi connectivity index (χ2v) is 5.89. The molecule has 5 nitrogen and oxygen atoms in total. The van der Waals surface area contributed by atoms with E-state index in [0.29, 0.717) is 25.4 Å². The number of rotatable bonds is 3. The molecule has 1 unspecified atom stereocenters. The third-order valence-corrected chi connectivity index (χ3v) is 4.30. The summed E-state index contributed by atoms with van der Waals surface area (Å²) in [5.74, 6) is 0.299. The van der Waals surface area contributed by atoms with Crippen molar-refractivity contribution in [1.82, 2.24) is 15.2 Å². The summed E-state index contributed by atoms with van der Waals surface area (Å²) in [6.45, 7) is 1.56. The minimum atomic E-state index is -4.53. The average Bonchev–Trinajstić information content (AvgIpc) is 2.67. The van der Waals surface area contributed by atoms with Crippen LogP contribution >= 0.6 is 24.8 Å². The minimum Gasteiger partial charge on any atom is -0.496 e. The molecule has 1 aliphatic heterocycles. The number of nitrogens with one attached hydrogen (secondary N) is 1. The van der Waals surface area contributed by atoms with E-state index in [1.54, 1.807) is 12.0 Å². The number of hydrogen-bond acceptors (Lipinski definition) is 4. The molecule has 0 aliphatic carbocycles. The van der Waals surface area contributed by atoms with Crippen molar-refractivity contribution >= 4 is 30.7 Å². The van der Waals surface area contributed by atoms with Crippen LogP contribution in [0.3, 0.4) is 0 Å². The van der Waals surface area contributed by atoms with Crippen LogP contribution in [0.15, 0.2) is 42.6 Å². The van der Waals surface area contributed by atoms with Crippen LogP contribution in [0.25, 0.3) is 0 Å². The number of amides is 1. The van der Waals surface area contributed by atoms with E-state index in [4.69, 9.17) is 4.74 Å². The SMILES string of the molecule is COc1ccccc1C1CNCCN1C(=O)c1ccc(C(F)(F)F)nc1.Cl.Cl. The lowest BCUT2D eigenvalue weighted by Gasteiger charge is -2.37. The first-order chi connectivity index (χ1) is 12.4. The molecule has 28 heavy (non-hydrogen) atoms. The van der Waals surface area contributed by atoms with Gasteiger partial charge in [-0.2, -0.15) is 13.2 Å². The number of methoxy groups -OCH3 is 1. The van der Waals surface area contributed by atoms with Crippen LogP contribution in [0.4, 0.5) is 13.2 Å². The van der Waals surface area contributed by atoms with Crippen molar-refractivity contribution in [1.29, 1.82) is 0 Å². The maximum absolute atomic E-state index is 12.9. The Labute approximate surface area is 173 Å². The maximum Gasteiger partial charge on any atom is 0.433 e. The highest BCUT2D eigenvalue weighted by atomic mass is 35.5. The van der Waals surface area contributed by atoms with Gasteiger partial charge in [0.25, 0.3) is 5.91 Å². The van der Waals surface area contributed by atoms with Gasteiger partial charge in [0.15, 0.2) is 0 Å². The molecule has 1 amide bonds. The molecule has 2 aromatic rings. The lowest BCUT2D eigenvalue weighted by atomic mass is 10.0. The number of alkyl halides is 3. The second-order valence-electron chi connectivity index (χ2n) is 5.89. The number of hydrogen-bond donors (Lipinski definition) is 1. The topological polar surface area (TPSA) is 54.5 Å². The zero-order chi connectivity index (χ0) is 18.7. The predicted octanol–water partition coefficient (Wildman–Crippen LogP) is 3.74. The largest absolute Gasteiger partial charge is 0.496 e. The molecule has 1 saturated heterocycles. The Morgan fingerprint density at radius 1 is 1.21 bits per heavy atom. The molecule has 154 valence electrons. The van der Waals surface area contributed by atoms with Gasteiger partial charge in [-0.15, -0.1) is 24.8 Å². The summed E-state index contributed by atoms with van der Waals surface area (Å²) in [5.41, 5.74) is -0.0501. The maximum atomic E-state index is 12.9. The van der Waals surface area contributed by atoms with Crippen LogP contribution < -0.4 is 10.1 Å². The van der Waals surface area contributed by atoms with Gasteiger partial charge < -0.3 is 15.0 Å². The first kappa shape index (κ1) is 24.0. The van der Waals surface area contributed by atoms with Gasteiger partial charge in [0, 0.05) is 31.4 Å². The van der Waals surface area contributed by atoms with E-state index in [0.717, 1.165) is 17.8 Å². The zero-order valence-electron chi connectivity index (χ0n) is 14.9. The molecule has 1 atom stereocenters.